The van der Waals surface area contributed by atoms with Crippen LogP contribution >= 0.6 is 0 Å². The summed E-state index contributed by atoms with van der Waals surface area (Å²) in [5, 5.41) is 13.8. The van der Waals surface area contributed by atoms with Gasteiger partial charge in [0.2, 0.25) is 5.95 Å². The Balaban J connectivity index is 1.61. The van der Waals surface area contributed by atoms with Crippen molar-refractivity contribution in [2.24, 2.45) is 0 Å². The number of alkyl halides is 3. The number of anilines is 1. The third-order valence-corrected chi connectivity index (χ3v) is 4.76. The maximum atomic E-state index is 12.9. The number of nitrogens with one attached hydrogen (secondary N) is 1. The lowest BCUT2D eigenvalue weighted by atomic mass is 9.93. The number of aliphatic hydroxyl groups is 1. The zero-order chi connectivity index (χ0) is 18.1. The molecule has 0 aliphatic carbocycles. The van der Waals surface area contributed by atoms with Crippen molar-refractivity contribution in [2.75, 3.05) is 50.7 Å². The Morgan fingerprint density at radius 1 is 1.24 bits per heavy atom. The third kappa shape index (κ3) is 4.59. The molecular formula is C16H24F3N5O. The molecule has 1 aromatic rings. The quantitative estimate of drug-likeness (QED) is 0.841. The van der Waals surface area contributed by atoms with E-state index in [9.17, 15) is 18.3 Å². The molecule has 1 aromatic heterocycles. The molecule has 1 atom stereocenters. The van der Waals surface area contributed by atoms with Gasteiger partial charge in [-0.25, -0.2) is 9.97 Å². The number of halogens is 3. The van der Waals surface area contributed by atoms with E-state index >= 15 is 0 Å². The summed E-state index contributed by atoms with van der Waals surface area (Å²) < 4.78 is 38.8. The van der Waals surface area contributed by atoms with Gasteiger partial charge in [0.05, 0.1) is 5.60 Å². The molecular weight excluding hydrogens is 335 g/mol. The first-order chi connectivity index (χ1) is 11.8. The van der Waals surface area contributed by atoms with Crippen LogP contribution in [-0.2, 0) is 6.18 Å². The van der Waals surface area contributed by atoms with Crippen LogP contribution in [0.1, 0.15) is 24.2 Å². The molecule has 25 heavy (non-hydrogen) atoms. The summed E-state index contributed by atoms with van der Waals surface area (Å²) in [5.74, 6) is 0.130. The number of aromatic nitrogens is 2. The van der Waals surface area contributed by atoms with Crippen LogP contribution in [0.25, 0.3) is 0 Å². The smallest absolute Gasteiger partial charge is 0.387 e. The lowest BCUT2D eigenvalue weighted by Crippen LogP contribution is -2.56. The van der Waals surface area contributed by atoms with Crippen LogP contribution in [0, 0.1) is 6.92 Å². The Hall–Kier alpha value is -1.45. The van der Waals surface area contributed by atoms with Crippen molar-refractivity contribution in [2.45, 2.75) is 31.5 Å². The Kier molecular flexibility index (Phi) is 5.17. The van der Waals surface area contributed by atoms with Gasteiger partial charge in [-0.2, -0.15) is 13.2 Å². The summed E-state index contributed by atoms with van der Waals surface area (Å²) >= 11 is 0. The monoisotopic (exact) mass is 359 g/mol. The number of rotatable bonds is 3. The minimum Gasteiger partial charge on any atom is -0.387 e. The van der Waals surface area contributed by atoms with Crippen LogP contribution in [0.5, 0.6) is 0 Å². The lowest BCUT2D eigenvalue weighted by Gasteiger charge is -2.41. The zero-order valence-electron chi connectivity index (χ0n) is 14.3. The first kappa shape index (κ1) is 18.3. The van der Waals surface area contributed by atoms with E-state index in [2.05, 4.69) is 20.2 Å². The molecule has 9 heteroatoms. The number of piperazine rings is 1. The van der Waals surface area contributed by atoms with E-state index in [-0.39, 0.29) is 5.95 Å². The highest BCUT2D eigenvalue weighted by atomic mass is 19.4. The van der Waals surface area contributed by atoms with E-state index in [1.807, 2.05) is 0 Å². The van der Waals surface area contributed by atoms with Gasteiger partial charge in [-0.05, 0) is 32.4 Å². The van der Waals surface area contributed by atoms with Gasteiger partial charge < -0.3 is 15.3 Å². The van der Waals surface area contributed by atoms with Crippen LogP contribution in [0.3, 0.4) is 0 Å². The standard InChI is InChI=1S/C16H24F3N5O/c1-12-9-13(16(17,18)19)22-14(21-12)24-7-5-23(6-8-24)11-15(25)3-2-4-20-10-15/h9,20,25H,2-8,10-11H2,1H3/t15-/m1/s1. The number of piperidine rings is 1. The second-order valence-electron chi connectivity index (χ2n) is 6.96. The molecule has 6 nitrogen and oxygen atoms in total. The van der Waals surface area contributed by atoms with Crippen molar-refractivity contribution in [3.63, 3.8) is 0 Å². The summed E-state index contributed by atoms with van der Waals surface area (Å²) in [5.41, 5.74) is -1.31. The summed E-state index contributed by atoms with van der Waals surface area (Å²) in [4.78, 5) is 11.8. The Morgan fingerprint density at radius 3 is 2.56 bits per heavy atom. The molecule has 3 rings (SSSR count). The largest absolute Gasteiger partial charge is 0.433 e. The fourth-order valence-electron chi connectivity index (χ4n) is 3.45. The Labute approximate surface area is 145 Å². The summed E-state index contributed by atoms with van der Waals surface area (Å²) in [6.07, 6.45) is -2.74. The fraction of sp³-hybridized carbons (Fsp3) is 0.750. The minimum absolute atomic E-state index is 0.130. The number of β-amino-alcohol motifs (C(OH)–C–C–N with tert-alkyl or cyclic N) is 1. The van der Waals surface area contributed by atoms with Crippen LogP contribution < -0.4 is 10.2 Å². The maximum Gasteiger partial charge on any atom is 0.433 e. The summed E-state index contributed by atoms with van der Waals surface area (Å²) in [6, 6.07) is 0.964. The van der Waals surface area contributed by atoms with Crippen LogP contribution in [0.15, 0.2) is 6.07 Å². The summed E-state index contributed by atoms with van der Waals surface area (Å²) in [6.45, 7) is 6.07. The summed E-state index contributed by atoms with van der Waals surface area (Å²) in [7, 11) is 0. The molecule has 0 saturated carbocycles. The molecule has 0 unspecified atom stereocenters. The highest BCUT2D eigenvalue weighted by Crippen LogP contribution is 2.29. The lowest BCUT2D eigenvalue weighted by molar-refractivity contribution is -0.141. The second-order valence-corrected chi connectivity index (χ2v) is 6.96. The van der Waals surface area contributed by atoms with Gasteiger partial charge in [0.25, 0.3) is 0 Å². The van der Waals surface area contributed by atoms with Gasteiger partial charge in [-0.1, -0.05) is 0 Å². The SMILES string of the molecule is Cc1cc(C(F)(F)F)nc(N2CCN(C[C@@]3(O)CCCNC3)CC2)n1. The highest BCUT2D eigenvalue weighted by Gasteiger charge is 2.35. The molecule has 2 N–H and O–H groups in total. The first-order valence-corrected chi connectivity index (χ1v) is 8.58. The molecule has 0 aromatic carbocycles. The maximum absolute atomic E-state index is 12.9. The topological polar surface area (TPSA) is 64.5 Å². The van der Waals surface area contributed by atoms with E-state index < -0.39 is 17.5 Å². The number of hydrogen-bond donors (Lipinski definition) is 2. The molecule has 2 aliphatic rings. The average Bonchev–Trinajstić information content (AvgIpc) is 2.54. The van der Waals surface area contributed by atoms with E-state index in [4.69, 9.17) is 0 Å². The molecule has 0 amide bonds. The number of nitrogens with zero attached hydrogens (tertiary/aromatic N) is 4. The second kappa shape index (κ2) is 7.05. The Bertz CT molecular complexity index is 596. The van der Waals surface area contributed by atoms with Gasteiger partial charge >= 0.3 is 6.18 Å². The molecule has 0 bridgehead atoms. The van der Waals surface area contributed by atoms with Crippen molar-refractivity contribution in [1.82, 2.24) is 20.2 Å². The van der Waals surface area contributed by atoms with Crippen LogP contribution in [0.2, 0.25) is 0 Å². The van der Waals surface area contributed by atoms with Gasteiger partial charge in [-0.15, -0.1) is 0 Å². The van der Waals surface area contributed by atoms with E-state index in [0.29, 0.717) is 45.0 Å². The highest BCUT2D eigenvalue weighted by molar-refractivity contribution is 5.34. The molecule has 2 fully saturated rings. The van der Waals surface area contributed by atoms with Crippen molar-refractivity contribution in [1.29, 1.82) is 0 Å². The predicted molar refractivity (Wildman–Crippen MR) is 87.5 cm³/mol. The van der Waals surface area contributed by atoms with Gasteiger partial charge in [0.15, 0.2) is 0 Å². The molecule has 3 heterocycles. The first-order valence-electron chi connectivity index (χ1n) is 8.58. The minimum atomic E-state index is -4.47. The van der Waals surface area contributed by atoms with Crippen LogP contribution in [0.4, 0.5) is 19.1 Å². The zero-order valence-corrected chi connectivity index (χ0v) is 14.3. The van der Waals surface area contributed by atoms with Gasteiger partial charge in [0, 0.05) is 45.0 Å². The predicted octanol–water partition coefficient (Wildman–Crippen LogP) is 1.04. The molecule has 2 aliphatic heterocycles. The van der Waals surface area contributed by atoms with E-state index in [1.54, 1.807) is 11.8 Å². The van der Waals surface area contributed by atoms with E-state index in [0.717, 1.165) is 25.5 Å². The molecule has 140 valence electrons. The van der Waals surface area contributed by atoms with Crippen molar-refractivity contribution >= 4 is 5.95 Å². The van der Waals surface area contributed by atoms with Crippen molar-refractivity contribution in [3.8, 4) is 0 Å². The molecule has 0 radical (unpaired) electrons. The molecule has 2 saturated heterocycles. The normalized spacial score (nSPS) is 26.0. The average molecular weight is 359 g/mol. The van der Waals surface area contributed by atoms with Gasteiger partial charge in [-0.3, -0.25) is 4.90 Å². The van der Waals surface area contributed by atoms with Crippen LogP contribution in [-0.4, -0.2) is 71.4 Å². The Morgan fingerprint density at radius 2 is 1.96 bits per heavy atom. The van der Waals surface area contributed by atoms with Crippen molar-refractivity contribution in [3.05, 3.63) is 17.5 Å². The number of aryl methyl sites for hydroxylation is 1. The fourth-order valence-corrected chi connectivity index (χ4v) is 3.45. The van der Waals surface area contributed by atoms with E-state index in [1.165, 1.54) is 0 Å². The third-order valence-electron chi connectivity index (χ3n) is 4.76. The number of hydrogen-bond acceptors (Lipinski definition) is 6. The molecule has 0 spiro atoms. The van der Waals surface area contributed by atoms with Gasteiger partial charge in [0.1, 0.15) is 5.69 Å². The van der Waals surface area contributed by atoms with Crippen molar-refractivity contribution < 1.29 is 18.3 Å².